The maximum absolute atomic E-state index is 14.2. The van der Waals surface area contributed by atoms with Gasteiger partial charge in [0.15, 0.2) is 5.78 Å². The molecule has 0 spiro atoms. The monoisotopic (exact) mass is 388 g/mol. The highest BCUT2D eigenvalue weighted by molar-refractivity contribution is 6.75. The van der Waals surface area contributed by atoms with Crippen molar-refractivity contribution in [3.05, 3.63) is 35.9 Å². The normalized spacial score (nSPS) is 15.3. The summed E-state index contributed by atoms with van der Waals surface area (Å²) in [5.41, 5.74) is 0.170. The Morgan fingerprint density at radius 2 is 1.62 bits per heavy atom. The first kappa shape index (κ1) is 22.4. The van der Waals surface area contributed by atoms with Crippen molar-refractivity contribution in [3.8, 4) is 0 Å². The molecule has 1 unspecified atom stereocenters. The molecule has 1 aromatic rings. The lowest BCUT2D eigenvalue weighted by atomic mass is 9.98. The van der Waals surface area contributed by atoms with Gasteiger partial charge in [0.05, 0.1) is 6.42 Å². The minimum absolute atomic E-state index is 0.170. The van der Waals surface area contributed by atoms with Gasteiger partial charge in [-0.25, -0.2) is 4.79 Å². The van der Waals surface area contributed by atoms with E-state index in [1.165, 1.54) is 12.1 Å². The third kappa shape index (κ3) is 5.42. The third-order valence-electron chi connectivity index (χ3n) is 4.62. The van der Waals surface area contributed by atoms with Crippen molar-refractivity contribution >= 4 is 20.1 Å². The van der Waals surface area contributed by atoms with E-state index >= 15 is 0 Å². The Bertz CT molecular complexity index is 641. The van der Waals surface area contributed by atoms with Gasteiger partial charge >= 0.3 is 11.9 Å². The van der Waals surface area contributed by atoms with Crippen molar-refractivity contribution in [2.45, 2.75) is 63.5 Å². The Morgan fingerprint density at radius 3 is 2.08 bits per heavy atom. The molecule has 0 aromatic heterocycles. The Morgan fingerprint density at radius 1 is 1.12 bits per heavy atom. The van der Waals surface area contributed by atoms with Gasteiger partial charge in [-0.15, -0.1) is 0 Å². The number of benzene rings is 1. The number of carbonyl (C=O) groups is 2. The quantitative estimate of drug-likeness (QED) is 0.701. The predicted octanol–water partition coefficient (Wildman–Crippen LogP) is 3.22. The van der Waals surface area contributed by atoms with E-state index in [1.54, 1.807) is 52.1 Å². The summed E-state index contributed by atoms with van der Waals surface area (Å²) in [5.74, 6) is -7.00. The molecule has 146 valence electrons. The van der Waals surface area contributed by atoms with Crippen LogP contribution in [0.15, 0.2) is 30.3 Å². The summed E-state index contributed by atoms with van der Waals surface area (Å²) in [5, 5.41) is 19.3. The molecular weight excluding hydrogens is 362 g/mol. The molecule has 1 rings (SSSR count). The number of alkyl halides is 2. The largest absolute Gasteiger partial charge is 0.515 e. The number of ketones is 1. The lowest BCUT2D eigenvalue weighted by Crippen LogP contribution is -2.48. The highest BCUT2D eigenvalue weighted by Crippen LogP contribution is 2.38. The molecule has 2 atom stereocenters. The van der Waals surface area contributed by atoms with Crippen LogP contribution in [0.25, 0.3) is 0 Å². The van der Waals surface area contributed by atoms with Gasteiger partial charge in [-0.3, -0.25) is 4.79 Å². The number of hydrogen-bond donors (Lipinski definition) is 2. The van der Waals surface area contributed by atoms with Crippen LogP contribution in [0.5, 0.6) is 0 Å². The molecule has 0 aliphatic heterocycles. The minimum atomic E-state index is -4.04. The van der Waals surface area contributed by atoms with E-state index in [9.17, 15) is 28.6 Å². The Kier molecular flexibility index (Phi) is 6.84. The number of aliphatic hydroxyl groups excluding tert-OH is 2. The van der Waals surface area contributed by atoms with E-state index in [0.717, 1.165) is 0 Å². The van der Waals surface area contributed by atoms with Crippen molar-refractivity contribution < 1.29 is 33.0 Å². The summed E-state index contributed by atoms with van der Waals surface area (Å²) in [4.78, 5) is 23.9. The van der Waals surface area contributed by atoms with Crippen LogP contribution >= 0.6 is 0 Å². The molecule has 0 saturated heterocycles. The first-order valence-corrected chi connectivity index (χ1v) is 11.2. The van der Waals surface area contributed by atoms with Gasteiger partial charge in [-0.1, -0.05) is 51.1 Å². The third-order valence-corrected chi connectivity index (χ3v) is 8.92. The van der Waals surface area contributed by atoms with Crippen LogP contribution in [0, 0.1) is 0 Å². The zero-order chi connectivity index (χ0) is 20.3. The molecule has 8 heteroatoms. The average molecular weight is 388 g/mol. The smallest absolute Gasteiger partial charge is 0.363 e. The van der Waals surface area contributed by atoms with Crippen molar-refractivity contribution in [1.82, 2.24) is 0 Å². The summed E-state index contributed by atoms with van der Waals surface area (Å²) in [6.07, 6.45) is -5.39. The van der Waals surface area contributed by atoms with Gasteiger partial charge in [0.1, 0.15) is 12.2 Å². The van der Waals surface area contributed by atoms with Gasteiger partial charge in [-0.05, 0) is 23.7 Å². The van der Waals surface area contributed by atoms with E-state index in [-0.39, 0.29) is 5.56 Å². The van der Waals surface area contributed by atoms with Crippen molar-refractivity contribution in [1.29, 1.82) is 0 Å². The summed E-state index contributed by atoms with van der Waals surface area (Å²) in [6.45, 7) is 8.65. The second-order valence-corrected chi connectivity index (χ2v) is 12.5. The summed E-state index contributed by atoms with van der Waals surface area (Å²) >= 11 is 0. The fourth-order valence-electron chi connectivity index (χ4n) is 1.87. The number of hydrogen-bond acceptors (Lipinski definition) is 5. The van der Waals surface area contributed by atoms with Gasteiger partial charge in [0, 0.05) is 0 Å². The van der Waals surface area contributed by atoms with Gasteiger partial charge in [0.2, 0.25) is 0 Å². The molecule has 0 saturated carbocycles. The average Bonchev–Trinajstić information content (AvgIpc) is 2.52. The summed E-state index contributed by atoms with van der Waals surface area (Å²) < 4.78 is 33.4. The fraction of sp³-hybridized carbons (Fsp3) is 0.556. The van der Waals surface area contributed by atoms with E-state index in [2.05, 4.69) is 0 Å². The molecule has 0 heterocycles. The molecule has 0 bridgehead atoms. The van der Waals surface area contributed by atoms with Crippen LogP contribution in [0.3, 0.4) is 0 Å². The molecule has 5 nitrogen and oxygen atoms in total. The maximum atomic E-state index is 14.2. The second kappa shape index (κ2) is 7.94. The van der Waals surface area contributed by atoms with Crippen molar-refractivity contribution in [3.63, 3.8) is 0 Å². The van der Waals surface area contributed by atoms with Crippen molar-refractivity contribution in [2.75, 3.05) is 0 Å². The van der Waals surface area contributed by atoms with Crippen LogP contribution in [0.2, 0.25) is 18.1 Å². The lowest BCUT2D eigenvalue weighted by Gasteiger charge is -2.36. The van der Waals surface area contributed by atoms with Crippen molar-refractivity contribution in [2.24, 2.45) is 0 Å². The Balaban J connectivity index is 2.81. The van der Waals surface area contributed by atoms with Gasteiger partial charge in [0.25, 0.3) is 8.32 Å². The van der Waals surface area contributed by atoms with E-state index in [0.29, 0.717) is 0 Å². The topological polar surface area (TPSA) is 83.8 Å². The van der Waals surface area contributed by atoms with Crippen LogP contribution in [-0.4, -0.2) is 42.3 Å². The standard InChI is InChI=1S/C18H26F2O5Si/c1-17(2,3)26(4,5)25-16(24)18(19,20)11-13(21)15(23)14(22)12-9-7-6-8-10-12/h6-10,13-14,21-22H,11H2,1-5H3/t13-,14?/m0/s1. The van der Waals surface area contributed by atoms with Crippen LogP contribution in [0.1, 0.15) is 38.9 Å². The molecule has 0 aliphatic rings. The fourth-order valence-corrected chi connectivity index (χ4v) is 2.79. The Hall–Kier alpha value is -1.64. The molecular formula is C18H26F2O5Si. The molecule has 2 N–H and O–H groups in total. The molecule has 0 aliphatic carbocycles. The molecule has 26 heavy (non-hydrogen) atoms. The van der Waals surface area contributed by atoms with Crippen LogP contribution < -0.4 is 0 Å². The predicted molar refractivity (Wildman–Crippen MR) is 95.3 cm³/mol. The molecule has 0 amide bonds. The first-order valence-electron chi connectivity index (χ1n) is 8.25. The number of aliphatic hydroxyl groups is 2. The number of halogens is 2. The number of Topliss-reactive ketones (excluding diaryl/α,β-unsaturated/α-hetero) is 1. The number of rotatable bonds is 7. The molecule has 0 radical (unpaired) electrons. The van der Waals surface area contributed by atoms with Gasteiger partial charge < -0.3 is 14.6 Å². The zero-order valence-electron chi connectivity index (χ0n) is 15.6. The first-order chi connectivity index (χ1) is 11.7. The van der Waals surface area contributed by atoms with Crippen LogP contribution in [0.4, 0.5) is 8.78 Å². The molecule has 1 aromatic carbocycles. The van der Waals surface area contributed by atoms with Gasteiger partial charge in [-0.2, -0.15) is 8.78 Å². The summed E-state index contributed by atoms with van der Waals surface area (Å²) in [7, 11) is -2.78. The Labute approximate surface area is 153 Å². The summed E-state index contributed by atoms with van der Waals surface area (Å²) in [6, 6.07) is 7.63. The van der Waals surface area contributed by atoms with E-state index < -0.39 is 49.7 Å². The van der Waals surface area contributed by atoms with E-state index in [1.807, 2.05) is 0 Å². The zero-order valence-corrected chi connectivity index (χ0v) is 16.6. The maximum Gasteiger partial charge on any atom is 0.363 e. The lowest BCUT2D eigenvalue weighted by molar-refractivity contribution is -0.169. The van der Waals surface area contributed by atoms with Crippen LogP contribution in [-0.2, 0) is 14.0 Å². The highest BCUT2D eigenvalue weighted by atomic mass is 28.4. The van der Waals surface area contributed by atoms with E-state index in [4.69, 9.17) is 4.43 Å². The highest BCUT2D eigenvalue weighted by Gasteiger charge is 2.49. The molecule has 0 fully saturated rings. The number of carbonyl (C=O) groups excluding carboxylic acids is 2. The minimum Gasteiger partial charge on any atom is -0.515 e. The SMILES string of the molecule is CC(C)(C)[Si](C)(C)OC(=O)C(F)(F)C[C@H](O)C(=O)C(O)c1ccccc1. The second-order valence-electron chi connectivity index (χ2n) is 7.79.